The highest BCUT2D eigenvalue weighted by Crippen LogP contribution is 2.39. The molecular formula is C28H24F2N2O4S2. The van der Waals surface area contributed by atoms with Gasteiger partial charge in [0.25, 0.3) is 11.3 Å². The van der Waals surface area contributed by atoms with E-state index in [4.69, 9.17) is 4.74 Å². The molecule has 0 spiro atoms. The minimum atomic E-state index is -2.52. The van der Waals surface area contributed by atoms with Gasteiger partial charge in [-0.3, -0.25) is 9.79 Å². The van der Waals surface area contributed by atoms with Gasteiger partial charge in [-0.15, -0.1) is 11.3 Å². The number of esters is 1. The zero-order valence-corrected chi connectivity index (χ0v) is 22.1. The lowest BCUT2D eigenvalue weighted by atomic mass is 9.95. The van der Waals surface area contributed by atoms with Crippen molar-refractivity contribution < 1.29 is 23.4 Å². The number of thioether (sulfide) groups is 1. The molecule has 4 aromatic rings. The summed E-state index contributed by atoms with van der Waals surface area (Å²) < 4.78 is 31.8. The zero-order chi connectivity index (χ0) is 26.8. The Hall–Kier alpha value is -3.50. The van der Waals surface area contributed by atoms with Crippen LogP contribution in [-0.2, 0) is 17.6 Å². The van der Waals surface area contributed by atoms with Gasteiger partial charge in [-0.05, 0) is 68.5 Å². The van der Waals surface area contributed by atoms with Gasteiger partial charge in [0.2, 0.25) is 5.88 Å². The van der Waals surface area contributed by atoms with E-state index in [-0.39, 0.29) is 12.5 Å². The minimum Gasteiger partial charge on any atom is -0.494 e. The molecular weight excluding hydrogens is 530 g/mol. The van der Waals surface area contributed by atoms with Crippen LogP contribution in [0.15, 0.2) is 63.2 Å². The Morgan fingerprint density at radius 1 is 1.16 bits per heavy atom. The molecule has 6 nitrogen and oxygen atoms in total. The van der Waals surface area contributed by atoms with Gasteiger partial charge in [0.1, 0.15) is 5.00 Å². The zero-order valence-electron chi connectivity index (χ0n) is 20.4. The normalized spacial score (nSPS) is 13.4. The Balaban J connectivity index is 1.68. The number of thiophene rings is 1. The molecule has 1 aliphatic rings. The molecule has 0 amide bonds. The Labute approximate surface area is 225 Å². The lowest BCUT2D eigenvalue weighted by Crippen LogP contribution is -2.22. The standard InChI is InChI=1S/C28H24F2N2O4S2/c1-2-36-27(35)23-20-9-5-6-10-22(20)38-26(23)32-24(33)19-8-4-3-7-18(19)21(25(32)34)15-31-16-11-13-17(14-12-16)37-28(29)30/h3-4,7-8,11-15,28,34H,2,5-6,9-10H2,1H3. The van der Waals surface area contributed by atoms with Crippen molar-refractivity contribution in [1.82, 2.24) is 4.57 Å². The van der Waals surface area contributed by atoms with Gasteiger partial charge in [0, 0.05) is 26.8 Å². The molecule has 0 bridgehead atoms. The number of aromatic nitrogens is 1. The smallest absolute Gasteiger partial charge is 0.341 e. The maximum Gasteiger partial charge on any atom is 0.341 e. The first-order valence-corrected chi connectivity index (χ1v) is 13.9. The van der Waals surface area contributed by atoms with Gasteiger partial charge >= 0.3 is 5.97 Å². The van der Waals surface area contributed by atoms with Crippen molar-refractivity contribution in [2.45, 2.75) is 43.3 Å². The number of carbonyl (C=O) groups excluding carboxylic acids is 1. The van der Waals surface area contributed by atoms with Crippen LogP contribution in [0.5, 0.6) is 5.88 Å². The summed E-state index contributed by atoms with van der Waals surface area (Å²) in [6.45, 7) is 1.91. The molecule has 2 aromatic carbocycles. The van der Waals surface area contributed by atoms with Gasteiger partial charge in [0.05, 0.1) is 23.4 Å². The van der Waals surface area contributed by atoms with Crippen LogP contribution in [0.4, 0.5) is 14.5 Å². The largest absolute Gasteiger partial charge is 0.494 e. The average molecular weight is 555 g/mol. The number of nitrogens with zero attached hydrogens (tertiary/aromatic N) is 2. The number of aromatic hydroxyl groups is 1. The minimum absolute atomic E-state index is 0.189. The predicted octanol–water partition coefficient (Wildman–Crippen LogP) is 6.88. The third kappa shape index (κ3) is 4.98. The Bertz CT molecular complexity index is 1590. The molecule has 0 atom stereocenters. The fourth-order valence-corrected chi connectivity index (χ4v) is 6.53. The highest BCUT2D eigenvalue weighted by atomic mass is 32.2. The van der Waals surface area contributed by atoms with Crippen LogP contribution < -0.4 is 5.56 Å². The first-order valence-electron chi connectivity index (χ1n) is 12.2. The van der Waals surface area contributed by atoms with Crippen molar-refractivity contribution in [3.8, 4) is 10.9 Å². The van der Waals surface area contributed by atoms with Crippen LogP contribution >= 0.6 is 23.1 Å². The second-order valence-electron chi connectivity index (χ2n) is 8.67. The number of hydrogen-bond acceptors (Lipinski definition) is 7. The van der Waals surface area contributed by atoms with Crippen molar-refractivity contribution in [1.29, 1.82) is 0 Å². The van der Waals surface area contributed by atoms with Crippen molar-refractivity contribution >= 4 is 51.7 Å². The third-order valence-corrected chi connectivity index (χ3v) is 8.34. The summed E-state index contributed by atoms with van der Waals surface area (Å²) in [6.07, 6.45) is 4.86. The Morgan fingerprint density at radius 3 is 2.58 bits per heavy atom. The van der Waals surface area contributed by atoms with Gasteiger partial charge in [-0.2, -0.15) is 8.78 Å². The third-order valence-electron chi connectivity index (χ3n) is 6.34. The predicted molar refractivity (Wildman–Crippen MR) is 147 cm³/mol. The lowest BCUT2D eigenvalue weighted by Gasteiger charge is -2.15. The van der Waals surface area contributed by atoms with Gasteiger partial charge < -0.3 is 9.84 Å². The van der Waals surface area contributed by atoms with E-state index in [2.05, 4.69) is 4.99 Å². The van der Waals surface area contributed by atoms with E-state index in [1.807, 2.05) is 0 Å². The number of rotatable bonds is 7. The topological polar surface area (TPSA) is 80.9 Å². The van der Waals surface area contributed by atoms with E-state index in [0.717, 1.165) is 29.7 Å². The fraction of sp³-hybridized carbons (Fsp3) is 0.250. The SMILES string of the molecule is CCOC(=O)c1c(-n2c(O)c(C=Nc3ccc(SC(F)F)cc3)c3ccccc3c2=O)sc2c1CCCC2. The number of aliphatic imine (C=N–C) groups is 1. The number of pyridine rings is 1. The van der Waals surface area contributed by atoms with Gasteiger partial charge in [-0.1, -0.05) is 30.0 Å². The second kappa shape index (κ2) is 11.1. The van der Waals surface area contributed by atoms with E-state index in [1.165, 1.54) is 22.1 Å². The average Bonchev–Trinajstić information content (AvgIpc) is 3.28. The van der Waals surface area contributed by atoms with Crippen molar-refractivity contribution in [3.05, 3.63) is 80.5 Å². The Morgan fingerprint density at radius 2 is 1.87 bits per heavy atom. The van der Waals surface area contributed by atoms with Gasteiger partial charge in [0.15, 0.2) is 0 Å². The monoisotopic (exact) mass is 554 g/mol. The molecule has 38 heavy (non-hydrogen) atoms. The van der Waals surface area contributed by atoms with E-state index in [0.29, 0.717) is 55.7 Å². The fourth-order valence-electron chi connectivity index (χ4n) is 4.65. The first-order chi connectivity index (χ1) is 18.4. The van der Waals surface area contributed by atoms with Crippen molar-refractivity contribution in [2.24, 2.45) is 4.99 Å². The highest BCUT2D eigenvalue weighted by Gasteiger charge is 2.30. The summed E-state index contributed by atoms with van der Waals surface area (Å²) in [6, 6.07) is 13.2. The van der Waals surface area contributed by atoms with Crippen molar-refractivity contribution in [2.75, 3.05) is 6.61 Å². The molecule has 5 rings (SSSR count). The molecule has 196 valence electrons. The second-order valence-corrected chi connectivity index (χ2v) is 10.8. The number of fused-ring (bicyclic) bond motifs is 2. The molecule has 1 N–H and O–H groups in total. The molecule has 2 aromatic heterocycles. The van der Waals surface area contributed by atoms with Crippen LogP contribution in [0.1, 0.15) is 46.1 Å². The summed E-state index contributed by atoms with van der Waals surface area (Å²) in [7, 11) is 0. The summed E-state index contributed by atoms with van der Waals surface area (Å²) in [5, 5.41) is 12.7. The maximum absolute atomic E-state index is 13.7. The molecule has 0 radical (unpaired) electrons. The molecule has 0 saturated carbocycles. The Kier molecular flexibility index (Phi) is 7.62. The first kappa shape index (κ1) is 26.1. The summed E-state index contributed by atoms with van der Waals surface area (Å²) in [5.74, 6) is -3.37. The lowest BCUT2D eigenvalue weighted by molar-refractivity contribution is 0.0525. The van der Waals surface area contributed by atoms with Crippen LogP contribution in [0.25, 0.3) is 15.8 Å². The molecule has 10 heteroatoms. The number of hydrogen-bond donors (Lipinski definition) is 1. The molecule has 0 unspecified atom stereocenters. The highest BCUT2D eigenvalue weighted by molar-refractivity contribution is 7.99. The van der Waals surface area contributed by atoms with E-state index in [1.54, 1.807) is 55.5 Å². The summed E-state index contributed by atoms with van der Waals surface area (Å²) in [4.78, 5) is 32.6. The molecule has 0 saturated heterocycles. The summed E-state index contributed by atoms with van der Waals surface area (Å²) in [5.41, 5.74) is 1.55. The number of benzene rings is 2. The maximum atomic E-state index is 13.7. The quantitative estimate of drug-likeness (QED) is 0.153. The van der Waals surface area contributed by atoms with E-state index < -0.39 is 17.3 Å². The number of halogens is 2. The number of carbonyl (C=O) groups is 1. The van der Waals surface area contributed by atoms with Crippen molar-refractivity contribution in [3.63, 3.8) is 0 Å². The number of ether oxygens (including phenoxy) is 1. The van der Waals surface area contributed by atoms with E-state index in [9.17, 15) is 23.5 Å². The van der Waals surface area contributed by atoms with E-state index >= 15 is 0 Å². The molecule has 0 aliphatic heterocycles. The number of aryl methyl sites for hydroxylation is 1. The molecule has 0 fully saturated rings. The van der Waals surface area contributed by atoms with Crippen LogP contribution in [0.2, 0.25) is 0 Å². The molecule has 2 heterocycles. The van der Waals surface area contributed by atoms with Crippen LogP contribution in [-0.4, -0.2) is 34.2 Å². The van der Waals surface area contributed by atoms with Crippen LogP contribution in [0, 0.1) is 0 Å². The van der Waals surface area contributed by atoms with Crippen LogP contribution in [0.3, 0.4) is 0 Å². The molecule has 1 aliphatic carbocycles. The van der Waals surface area contributed by atoms with Gasteiger partial charge in [-0.25, -0.2) is 9.36 Å². The summed E-state index contributed by atoms with van der Waals surface area (Å²) >= 11 is 1.78. The number of alkyl halides is 2.